The topological polar surface area (TPSA) is 71.0 Å². The lowest BCUT2D eigenvalue weighted by Gasteiger charge is -2.24. The molecule has 0 aliphatic heterocycles. The first kappa shape index (κ1) is 19.1. The van der Waals surface area contributed by atoms with Gasteiger partial charge in [0.05, 0.1) is 17.7 Å². The van der Waals surface area contributed by atoms with Crippen molar-refractivity contribution in [2.75, 3.05) is 21.2 Å². The van der Waals surface area contributed by atoms with Crippen LogP contribution in [0.2, 0.25) is 5.02 Å². The Kier molecular flexibility index (Phi) is 6.64. The summed E-state index contributed by atoms with van der Waals surface area (Å²) >= 11 is 6.20. The number of benzene rings is 2. The predicted octanol–water partition coefficient (Wildman–Crippen LogP) is 2.49. The Labute approximate surface area is 151 Å². The molecule has 0 bridgehead atoms. The molecule has 1 amide bonds. The van der Waals surface area contributed by atoms with Gasteiger partial charge in [-0.1, -0.05) is 41.9 Å². The van der Waals surface area contributed by atoms with E-state index in [0.29, 0.717) is 18.1 Å². The lowest BCUT2D eigenvalue weighted by atomic mass is 10.1. The molecule has 2 aromatic carbocycles. The number of ether oxygens (including phenoxy) is 2. The number of nitrogens with one attached hydrogen (secondary N) is 1. The van der Waals surface area contributed by atoms with Crippen LogP contribution in [0.25, 0.3) is 0 Å². The van der Waals surface area contributed by atoms with E-state index in [1.807, 2.05) is 30.3 Å². The van der Waals surface area contributed by atoms with Crippen molar-refractivity contribution in [1.82, 2.24) is 10.2 Å². The second-order valence-electron chi connectivity index (χ2n) is 5.34. The van der Waals surface area contributed by atoms with Gasteiger partial charge in [-0.3, -0.25) is 10.1 Å². The SMILES string of the molecule is CNC(O)N(C)C(=O)c1cc(OCc2ccccc2)c(OC)cc1Cl. The largest absolute Gasteiger partial charge is 0.493 e. The van der Waals surface area contributed by atoms with Gasteiger partial charge >= 0.3 is 0 Å². The fourth-order valence-electron chi connectivity index (χ4n) is 2.20. The smallest absolute Gasteiger partial charge is 0.258 e. The Morgan fingerprint density at radius 1 is 1.28 bits per heavy atom. The Hall–Kier alpha value is -2.28. The molecule has 0 radical (unpaired) electrons. The Bertz CT molecular complexity index is 725. The quantitative estimate of drug-likeness (QED) is 0.739. The average Bonchev–Trinajstić information content (AvgIpc) is 2.65. The maximum Gasteiger partial charge on any atom is 0.258 e. The van der Waals surface area contributed by atoms with Crippen molar-refractivity contribution in [1.29, 1.82) is 0 Å². The van der Waals surface area contributed by atoms with Gasteiger partial charge in [-0.15, -0.1) is 0 Å². The number of aliphatic hydroxyl groups excluding tert-OH is 1. The fourth-order valence-corrected chi connectivity index (χ4v) is 2.44. The zero-order valence-corrected chi connectivity index (χ0v) is 15.1. The number of nitrogens with zero attached hydrogens (tertiary/aromatic N) is 1. The van der Waals surface area contributed by atoms with Crippen molar-refractivity contribution in [2.45, 2.75) is 13.0 Å². The summed E-state index contributed by atoms with van der Waals surface area (Å²) in [7, 11) is 4.51. The second-order valence-corrected chi connectivity index (χ2v) is 5.74. The third kappa shape index (κ3) is 4.63. The van der Waals surface area contributed by atoms with Crippen molar-refractivity contribution >= 4 is 17.5 Å². The van der Waals surface area contributed by atoms with E-state index in [2.05, 4.69) is 5.32 Å². The minimum atomic E-state index is -1.13. The third-order valence-corrected chi connectivity index (χ3v) is 3.98. The highest BCUT2D eigenvalue weighted by Crippen LogP contribution is 2.34. The van der Waals surface area contributed by atoms with E-state index >= 15 is 0 Å². The van der Waals surface area contributed by atoms with E-state index in [9.17, 15) is 9.90 Å². The molecular formula is C18H21ClN2O4. The molecule has 0 aliphatic rings. The summed E-state index contributed by atoms with van der Waals surface area (Å²) in [4.78, 5) is 13.7. The summed E-state index contributed by atoms with van der Waals surface area (Å²) < 4.78 is 11.1. The number of carbonyl (C=O) groups excluding carboxylic acids is 1. The Balaban J connectivity index is 2.28. The summed E-state index contributed by atoms with van der Waals surface area (Å²) in [5, 5.41) is 12.6. The summed E-state index contributed by atoms with van der Waals surface area (Å²) in [6.07, 6.45) is -1.13. The molecular weight excluding hydrogens is 344 g/mol. The van der Waals surface area contributed by atoms with Gasteiger partial charge in [0.25, 0.3) is 5.91 Å². The lowest BCUT2D eigenvalue weighted by molar-refractivity contribution is 0.00553. The summed E-state index contributed by atoms with van der Waals surface area (Å²) in [5.41, 5.74) is 1.19. The first-order valence-electron chi connectivity index (χ1n) is 7.64. The van der Waals surface area contributed by atoms with Gasteiger partial charge in [0.1, 0.15) is 6.61 Å². The highest BCUT2D eigenvalue weighted by molar-refractivity contribution is 6.34. The predicted molar refractivity (Wildman–Crippen MR) is 95.9 cm³/mol. The van der Waals surface area contributed by atoms with Crippen molar-refractivity contribution in [3.05, 3.63) is 58.6 Å². The monoisotopic (exact) mass is 364 g/mol. The van der Waals surface area contributed by atoms with Crippen LogP contribution in [0.4, 0.5) is 0 Å². The van der Waals surface area contributed by atoms with Crippen molar-refractivity contribution < 1.29 is 19.4 Å². The minimum absolute atomic E-state index is 0.210. The number of amides is 1. The number of rotatable bonds is 7. The van der Waals surface area contributed by atoms with E-state index in [1.54, 1.807) is 7.05 Å². The zero-order valence-electron chi connectivity index (χ0n) is 14.3. The molecule has 7 heteroatoms. The number of aliphatic hydroxyl groups is 1. The molecule has 134 valence electrons. The van der Waals surface area contributed by atoms with Crippen LogP contribution < -0.4 is 14.8 Å². The lowest BCUT2D eigenvalue weighted by Crippen LogP contribution is -2.45. The highest BCUT2D eigenvalue weighted by Gasteiger charge is 2.22. The summed E-state index contributed by atoms with van der Waals surface area (Å²) in [6, 6.07) is 12.7. The number of halogens is 1. The molecule has 0 fully saturated rings. The molecule has 0 aliphatic carbocycles. The second kappa shape index (κ2) is 8.71. The number of carbonyl (C=O) groups is 1. The molecule has 25 heavy (non-hydrogen) atoms. The first-order valence-corrected chi connectivity index (χ1v) is 8.02. The summed E-state index contributed by atoms with van der Waals surface area (Å²) in [5.74, 6) is 0.375. The molecule has 0 saturated carbocycles. The van der Waals surface area contributed by atoms with Gasteiger partial charge in [-0.05, 0) is 18.7 Å². The zero-order chi connectivity index (χ0) is 18.4. The van der Waals surface area contributed by atoms with Gasteiger partial charge in [0.15, 0.2) is 17.9 Å². The normalized spacial score (nSPS) is 11.7. The standard InChI is InChI=1S/C18H21ClN2O4/c1-20-18(23)21(2)17(22)13-9-16(15(24-3)10-14(13)19)25-11-12-7-5-4-6-8-12/h4-10,18,20,23H,11H2,1-3H3. The minimum Gasteiger partial charge on any atom is -0.493 e. The molecule has 6 nitrogen and oxygen atoms in total. The molecule has 1 unspecified atom stereocenters. The number of hydrogen-bond donors (Lipinski definition) is 2. The van der Waals surface area contributed by atoms with Crippen LogP contribution in [0.3, 0.4) is 0 Å². The molecule has 0 aromatic heterocycles. The molecule has 1 atom stereocenters. The van der Waals surface area contributed by atoms with Gasteiger partial charge in [-0.25, -0.2) is 0 Å². The highest BCUT2D eigenvalue weighted by atomic mass is 35.5. The van der Waals surface area contributed by atoms with Crippen molar-refractivity contribution in [2.24, 2.45) is 0 Å². The van der Waals surface area contributed by atoms with E-state index < -0.39 is 12.3 Å². The molecule has 2 rings (SSSR count). The first-order chi connectivity index (χ1) is 12.0. The van der Waals surface area contributed by atoms with Crippen LogP contribution in [0.15, 0.2) is 42.5 Å². The number of methoxy groups -OCH3 is 1. The van der Waals surface area contributed by atoms with E-state index in [4.69, 9.17) is 21.1 Å². The van der Waals surface area contributed by atoms with Crippen LogP contribution in [-0.2, 0) is 6.61 Å². The molecule has 2 aromatic rings. The number of hydrogen-bond acceptors (Lipinski definition) is 5. The molecule has 0 saturated heterocycles. The van der Waals surface area contributed by atoms with Crippen LogP contribution in [0, 0.1) is 0 Å². The van der Waals surface area contributed by atoms with Crippen LogP contribution in [0.1, 0.15) is 15.9 Å². The van der Waals surface area contributed by atoms with Crippen LogP contribution in [-0.4, -0.2) is 43.5 Å². The van der Waals surface area contributed by atoms with Crippen molar-refractivity contribution in [3.63, 3.8) is 0 Å². The Morgan fingerprint density at radius 3 is 2.56 bits per heavy atom. The van der Waals surface area contributed by atoms with Crippen molar-refractivity contribution in [3.8, 4) is 11.5 Å². The van der Waals surface area contributed by atoms with Gasteiger partial charge in [0.2, 0.25) is 0 Å². The molecule has 0 heterocycles. The van der Waals surface area contributed by atoms with Crippen LogP contribution in [0.5, 0.6) is 11.5 Å². The van der Waals surface area contributed by atoms with Gasteiger partial charge in [-0.2, -0.15) is 0 Å². The van der Waals surface area contributed by atoms with E-state index in [0.717, 1.165) is 10.5 Å². The Morgan fingerprint density at radius 2 is 1.96 bits per heavy atom. The maximum absolute atomic E-state index is 12.5. The van der Waals surface area contributed by atoms with Gasteiger partial charge in [0, 0.05) is 13.1 Å². The molecule has 2 N–H and O–H groups in total. The fraction of sp³-hybridized carbons (Fsp3) is 0.278. The van der Waals surface area contributed by atoms with Gasteiger partial charge < -0.3 is 19.5 Å². The van der Waals surface area contributed by atoms with Crippen LogP contribution >= 0.6 is 11.6 Å². The average molecular weight is 365 g/mol. The van der Waals surface area contributed by atoms with E-state index in [1.165, 1.54) is 26.3 Å². The summed E-state index contributed by atoms with van der Waals surface area (Å²) in [6.45, 7) is 0.321. The maximum atomic E-state index is 12.5. The van der Waals surface area contributed by atoms with E-state index in [-0.39, 0.29) is 10.6 Å². The third-order valence-electron chi connectivity index (χ3n) is 3.67. The molecule has 0 spiro atoms.